The fraction of sp³-hybridized carbons (Fsp3) is 0.600. The number of benzene rings is 1. The summed E-state index contributed by atoms with van der Waals surface area (Å²) in [6.45, 7) is 5.11. The molecule has 0 saturated heterocycles. The zero-order valence-electron chi connectivity index (χ0n) is 21.3. The van der Waals surface area contributed by atoms with E-state index in [2.05, 4.69) is 59.5 Å². The van der Waals surface area contributed by atoms with Crippen molar-refractivity contribution in [2.24, 2.45) is 34.5 Å². The summed E-state index contributed by atoms with van der Waals surface area (Å²) < 4.78 is 1.32. The third-order valence-corrected chi connectivity index (χ3v) is 11.9. The molecule has 0 amide bonds. The maximum Gasteiger partial charge on any atom is 0.177 e. The van der Waals surface area contributed by atoms with Gasteiger partial charge in [-0.2, -0.15) is 0 Å². The summed E-state index contributed by atoms with van der Waals surface area (Å²) in [6.07, 6.45) is 9.37. The van der Waals surface area contributed by atoms with Gasteiger partial charge in [-0.1, -0.05) is 56.4 Å². The van der Waals surface area contributed by atoms with Crippen molar-refractivity contribution in [2.45, 2.75) is 77.2 Å². The number of anilines is 1. The number of aromatic amines is 2. The van der Waals surface area contributed by atoms with Crippen LogP contribution in [0.3, 0.4) is 0 Å². The highest BCUT2D eigenvalue weighted by Gasteiger charge is 2.61. The van der Waals surface area contributed by atoms with Crippen molar-refractivity contribution in [1.82, 2.24) is 9.97 Å². The Hall–Kier alpha value is -1.76. The minimum atomic E-state index is -0.0850. The Morgan fingerprint density at radius 3 is 2.56 bits per heavy atom. The molecule has 4 N–H and O–H groups in total. The van der Waals surface area contributed by atoms with E-state index in [9.17, 15) is 5.11 Å². The SMILES string of the molecule is C[C@]12CC[C@H](O)C[C@@H]1CC[C@@H]1[C@@H]2CC[C@]2(C)C3=C(C[C@@H]12)C(c1ccccc1)c1c([nH]c(=S)[nH]c1=S)N3. The van der Waals surface area contributed by atoms with Gasteiger partial charge in [-0.05, 0) is 104 Å². The van der Waals surface area contributed by atoms with Gasteiger partial charge in [0.2, 0.25) is 0 Å². The molecule has 1 aliphatic heterocycles. The van der Waals surface area contributed by atoms with Crippen molar-refractivity contribution in [3.63, 3.8) is 0 Å². The Kier molecular flexibility index (Phi) is 5.27. The van der Waals surface area contributed by atoms with E-state index in [-0.39, 0.29) is 17.4 Å². The quantitative estimate of drug-likeness (QED) is 0.293. The summed E-state index contributed by atoms with van der Waals surface area (Å²) >= 11 is 11.4. The number of nitrogens with one attached hydrogen (secondary N) is 3. The second-order valence-electron chi connectivity index (χ2n) is 12.8. The molecule has 2 heterocycles. The number of hydrogen-bond acceptors (Lipinski definition) is 4. The number of allylic oxidation sites excluding steroid dienone is 2. The van der Waals surface area contributed by atoms with Gasteiger partial charge in [0.15, 0.2) is 4.77 Å². The molecule has 36 heavy (non-hydrogen) atoms. The monoisotopic (exact) mass is 519 g/mol. The first-order valence-electron chi connectivity index (χ1n) is 13.9. The third-order valence-electron chi connectivity index (χ3n) is 11.4. The number of H-pyrrole nitrogens is 2. The van der Waals surface area contributed by atoms with Crippen LogP contribution in [0.25, 0.3) is 0 Å². The number of hydrogen-bond donors (Lipinski definition) is 4. The predicted molar refractivity (Wildman–Crippen MR) is 149 cm³/mol. The fourth-order valence-corrected chi connectivity index (χ4v) is 10.2. The van der Waals surface area contributed by atoms with Crippen LogP contribution in [0.1, 0.15) is 82.3 Å². The molecule has 6 heteroatoms. The summed E-state index contributed by atoms with van der Waals surface area (Å²) in [6, 6.07) is 10.9. The summed E-state index contributed by atoms with van der Waals surface area (Å²) in [7, 11) is 0. The van der Waals surface area contributed by atoms with Crippen LogP contribution in [0, 0.1) is 43.9 Å². The van der Waals surface area contributed by atoms with Gasteiger partial charge < -0.3 is 20.4 Å². The van der Waals surface area contributed by atoms with Gasteiger partial charge in [-0.3, -0.25) is 0 Å². The van der Waals surface area contributed by atoms with Crippen molar-refractivity contribution < 1.29 is 5.11 Å². The molecule has 1 aromatic heterocycles. The molecule has 4 aliphatic carbocycles. The molecule has 7 rings (SSSR count). The molecule has 190 valence electrons. The van der Waals surface area contributed by atoms with E-state index in [0.717, 1.165) is 47.1 Å². The van der Waals surface area contributed by atoms with Crippen LogP contribution in [-0.2, 0) is 0 Å². The highest BCUT2D eigenvalue weighted by Crippen LogP contribution is 2.69. The lowest BCUT2D eigenvalue weighted by molar-refractivity contribution is -0.117. The standard InChI is InChI=1S/C30H37N3OS2/c1-29-12-10-18(34)14-17(29)8-9-19-21(29)11-13-30(2)22(19)15-20-23(16-6-4-3-5-7-16)24-26(31-25(20)30)32-28(36)33-27(24)35/h3-7,17-19,21-23,34H,8-15H2,1-2H3,(H3,31,32,33,35,36)/t17-,18-,19+,21-,22-,23?,29-,30-/m0/s1. The molecular weight excluding hydrogens is 482 g/mol. The zero-order valence-corrected chi connectivity index (χ0v) is 22.9. The van der Waals surface area contributed by atoms with Crippen LogP contribution in [0.5, 0.6) is 0 Å². The number of fused-ring (bicyclic) bond motifs is 7. The Morgan fingerprint density at radius 2 is 1.75 bits per heavy atom. The smallest absolute Gasteiger partial charge is 0.177 e. The highest BCUT2D eigenvalue weighted by atomic mass is 32.1. The molecular formula is C30H37N3OS2. The zero-order chi connectivity index (χ0) is 24.8. The second-order valence-corrected chi connectivity index (χ2v) is 13.6. The van der Waals surface area contributed by atoms with Crippen molar-refractivity contribution in [2.75, 3.05) is 5.32 Å². The Bertz CT molecular complexity index is 1360. The summed E-state index contributed by atoms with van der Waals surface area (Å²) in [4.78, 5) is 6.65. The van der Waals surface area contributed by atoms with E-state index < -0.39 is 0 Å². The van der Waals surface area contributed by atoms with E-state index >= 15 is 0 Å². The maximum atomic E-state index is 10.4. The molecule has 2 aromatic rings. The molecule has 8 atom stereocenters. The van der Waals surface area contributed by atoms with Gasteiger partial charge in [0.1, 0.15) is 10.5 Å². The molecule has 5 aliphatic rings. The molecule has 1 aromatic carbocycles. The molecule has 3 fully saturated rings. The lowest BCUT2D eigenvalue weighted by atomic mass is 9.45. The average molecular weight is 520 g/mol. The van der Waals surface area contributed by atoms with Crippen molar-refractivity contribution >= 4 is 30.3 Å². The van der Waals surface area contributed by atoms with Gasteiger partial charge in [-0.15, -0.1) is 0 Å². The lowest BCUT2D eigenvalue weighted by Crippen LogP contribution is -2.53. The summed E-state index contributed by atoms with van der Waals surface area (Å²) in [5, 5.41) is 14.3. The number of aliphatic hydroxyl groups is 1. The Morgan fingerprint density at radius 1 is 0.944 bits per heavy atom. The van der Waals surface area contributed by atoms with E-state index in [1.54, 1.807) is 5.57 Å². The van der Waals surface area contributed by atoms with Crippen molar-refractivity contribution in [3.8, 4) is 0 Å². The van der Waals surface area contributed by atoms with Gasteiger partial charge in [0.25, 0.3) is 0 Å². The fourth-order valence-electron chi connectivity index (χ4n) is 9.62. The topological polar surface area (TPSA) is 63.8 Å². The molecule has 0 bridgehead atoms. The number of aromatic nitrogens is 2. The van der Waals surface area contributed by atoms with Crippen LogP contribution < -0.4 is 5.32 Å². The molecule has 1 unspecified atom stereocenters. The molecule has 0 spiro atoms. The maximum absolute atomic E-state index is 10.4. The van der Waals surface area contributed by atoms with Gasteiger partial charge >= 0.3 is 0 Å². The molecule has 0 radical (unpaired) electrons. The number of rotatable bonds is 1. The normalized spacial score (nSPS) is 40.9. The molecule has 4 nitrogen and oxygen atoms in total. The Balaban J connectivity index is 1.32. The predicted octanol–water partition coefficient (Wildman–Crippen LogP) is 7.63. The first-order chi connectivity index (χ1) is 17.3. The van der Waals surface area contributed by atoms with Gasteiger partial charge in [0.05, 0.1) is 6.10 Å². The van der Waals surface area contributed by atoms with E-state index in [4.69, 9.17) is 24.4 Å². The number of aliphatic hydroxyl groups excluding tert-OH is 1. The van der Waals surface area contributed by atoms with Gasteiger partial charge in [0, 0.05) is 22.6 Å². The van der Waals surface area contributed by atoms with Crippen LogP contribution >= 0.6 is 24.4 Å². The minimum absolute atomic E-state index is 0.0850. The first-order valence-corrected chi connectivity index (χ1v) is 14.7. The van der Waals surface area contributed by atoms with Crippen LogP contribution in [0.15, 0.2) is 41.6 Å². The highest BCUT2D eigenvalue weighted by molar-refractivity contribution is 7.72. The van der Waals surface area contributed by atoms with Gasteiger partial charge in [-0.25, -0.2) is 0 Å². The summed E-state index contributed by atoms with van der Waals surface area (Å²) in [5.74, 6) is 4.01. The van der Waals surface area contributed by atoms with E-state index in [0.29, 0.717) is 22.0 Å². The average Bonchev–Trinajstić information content (AvgIpc) is 3.16. The van der Waals surface area contributed by atoms with Crippen LogP contribution in [0.4, 0.5) is 5.82 Å². The van der Waals surface area contributed by atoms with Crippen LogP contribution in [-0.4, -0.2) is 21.2 Å². The molecule has 3 saturated carbocycles. The van der Waals surface area contributed by atoms with Crippen LogP contribution in [0.2, 0.25) is 0 Å². The Labute approximate surface area is 224 Å². The van der Waals surface area contributed by atoms with E-state index in [1.807, 2.05) is 0 Å². The minimum Gasteiger partial charge on any atom is -0.393 e. The summed E-state index contributed by atoms with van der Waals surface area (Å²) in [5.41, 5.74) is 5.96. The van der Waals surface area contributed by atoms with Crippen molar-refractivity contribution in [1.29, 1.82) is 0 Å². The largest absolute Gasteiger partial charge is 0.393 e. The van der Waals surface area contributed by atoms with Crippen molar-refractivity contribution in [3.05, 3.63) is 62.1 Å². The first kappa shape index (κ1) is 23.4. The van der Waals surface area contributed by atoms with E-state index in [1.165, 1.54) is 43.4 Å². The lowest BCUT2D eigenvalue weighted by Gasteiger charge is -2.60. The third kappa shape index (κ3) is 3.19. The second kappa shape index (κ2) is 8.12.